The lowest BCUT2D eigenvalue weighted by molar-refractivity contribution is 0.479. The number of aliphatic imine (C=N–C) groups is 1. The minimum Gasteiger partial charge on any atom is -0.349 e. The molecule has 1 aliphatic rings. The Morgan fingerprint density at radius 2 is 1.78 bits per heavy atom. The molecule has 1 aromatic carbocycles. The van der Waals surface area contributed by atoms with Crippen molar-refractivity contribution >= 4 is 5.96 Å². The number of aromatic nitrogens is 2. The van der Waals surface area contributed by atoms with Crippen LogP contribution in [-0.4, -0.2) is 53.7 Å². The molecule has 3 rings (SSSR count). The summed E-state index contributed by atoms with van der Waals surface area (Å²) in [6.07, 6.45) is 3.44. The van der Waals surface area contributed by atoms with Gasteiger partial charge in [0.05, 0.1) is 17.9 Å². The van der Waals surface area contributed by atoms with E-state index in [0.717, 1.165) is 30.2 Å². The van der Waals surface area contributed by atoms with E-state index in [-0.39, 0.29) is 0 Å². The zero-order valence-electron chi connectivity index (χ0n) is 14.5. The topological polar surface area (TPSA) is 36.7 Å². The van der Waals surface area contributed by atoms with E-state index in [0.29, 0.717) is 6.54 Å². The van der Waals surface area contributed by atoms with Crippen LogP contribution in [0.25, 0.3) is 5.69 Å². The van der Waals surface area contributed by atoms with Crippen molar-refractivity contribution in [3.63, 3.8) is 0 Å². The Kier molecular flexibility index (Phi) is 4.37. The predicted octanol–water partition coefficient (Wildman–Crippen LogP) is 2.34. The first-order valence-corrected chi connectivity index (χ1v) is 8.12. The van der Waals surface area contributed by atoms with Gasteiger partial charge in [-0.15, -0.1) is 0 Å². The second-order valence-corrected chi connectivity index (χ2v) is 6.38. The van der Waals surface area contributed by atoms with Gasteiger partial charge in [0.25, 0.3) is 0 Å². The Morgan fingerprint density at radius 3 is 2.43 bits per heavy atom. The van der Waals surface area contributed by atoms with Crippen LogP contribution in [0.3, 0.4) is 0 Å². The number of fused-ring (bicyclic) bond motifs is 1. The molecular formula is C18H25N5. The lowest BCUT2D eigenvalue weighted by Gasteiger charge is -2.22. The maximum Gasteiger partial charge on any atom is 0.195 e. The summed E-state index contributed by atoms with van der Waals surface area (Å²) in [5.41, 5.74) is 5.01. The average Bonchev–Trinajstić information content (AvgIpc) is 3.11. The van der Waals surface area contributed by atoms with E-state index < -0.39 is 0 Å². The minimum absolute atomic E-state index is 0.633. The van der Waals surface area contributed by atoms with Gasteiger partial charge >= 0.3 is 0 Å². The van der Waals surface area contributed by atoms with Gasteiger partial charge < -0.3 is 9.80 Å². The number of hydrogen-bond acceptors (Lipinski definition) is 2. The SMILES string of the molecule is CN(C)C(=NCc1nn(-c2ccccc2)c2c1CCC2)N(C)C. The van der Waals surface area contributed by atoms with Crippen molar-refractivity contribution in [2.24, 2.45) is 4.99 Å². The number of nitrogens with zero attached hydrogens (tertiary/aromatic N) is 5. The van der Waals surface area contributed by atoms with Gasteiger partial charge in [-0.25, -0.2) is 9.67 Å². The molecule has 122 valence electrons. The Balaban J connectivity index is 1.94. The molecule has 0 atom stereocenters. The second kappa shape index (κ2) is 6.44. The third-order valence-electron chi connectivity index (χ3n) is 4.18. The van der Waals surface area contributed by atoms with Crippen LogP contribution < -0.4 is 0 Å². The Morgan fingerprint density at radius 1 is 1.09 bits per heavy atom. The van der Waals surface area contributed by atoms with Crippen molar-refractivity contribution in [1.82, 2.24) is 19.6 Å². The highest BCUT2D eigenvalue weighted by molar-refractivity contribution is 5.79. The molecule has 0 fully saturated rings. The molecule has 1 heterocycles. The van der Waals surface area contributed by atoms with E-state index in [1.807, 2.05) is 44.1 Å². The lowest BCUT2D eigenvalue weighted by atomic mass is 10.2. The molecule has 0 bridgehead atoms. The molecule has 2 aromatic rings. The lowest BCUT2D eigenvalue weighted by Crippen LogP contribution is -2.35. The maximum atomic E-state index is 4.87. The molecule has 0 saturated carbocycles. The molecule has 0 N–H and O–H groups in total. The van der Waals surface area contributed by atoms with Crippen LogP contribution in [0.1, 0.15) is 23.4 Å². The highest BCUT2D eigenvalue weighted by Gasteiger charge is 2.23. The van der Waals surface area contributed by atoms with Crippen LogP contribution >= 0.6 is 0 Å². The van der Waals surface area contributed by atoms with Gasteiger partial charge in [0.1, 0.15) is 0 Å². The summed E-state index contributed by atoms with van der Waals surface area (Å²) in [4.78, 5) is 8.84. The Hall–Kier alpha value is -2.30. The van der Waals surface area contributed by atoms with Gasteiger partial charge in [-0.1, -0.05) is 18.2 Å². The molecule has 0 aliphatic heterocycles. The first-order chi connectivity index (χ1) is 11.1. The third-order valence-corrected chi connectivity index (χ3v) is 4.18. The van der Waals surface area contributed by atoms with Crippen molar-refractivity contribution in [1.29, 1.82) is 0 Å². The zero-order chi connectivity index (χ0) is 16.4. The molecule has 1 aromatic heterocycles. The summed E-state index contributed by atoms with van der Waals surface area (Å²) in [7, 11) is 8.08. The maximum absolute atomic E-state index is 4.87. The van der Waals surface area contributed by atoms with Crippen molar-refractivity contribution in [2.75, 3.05) is 28.2 Å². The van der Waals surface area contributed by atoms with E-state index in [4.69, 9.17) is 10.1 Å². The van der Waals surface area contributed by atoms with Crippen LogP contribution in [0.15, 0.2) is 35.3 Å². The Labute approximate surface area is 138 Å². The Bertz CT molecular complexity index is 688. The summed E-state index contributed by atoms with van der Waals surface area (Å²) in [6.45, 7) is 0.633. The van der Waals surface area contributed by atoms with Gasteiger partial charge in [-0.2, -0.15) is 5.10 Å². The minimum atomic E-state index is 0.633. The molecule has 0 spiro atoms. The van der Waals surface area contributed by atoms with Gasteiger partial charge in [-0.05, 0) is 37.0 Å². The first kappa shape index (κ1) is 15.6. The first-order valence-electron chi connectivity index (χ1n) is 8.12. The molecule has 1 aliphatic carbocycles. The number of benzene rings is 1. The molecule has 0 saturated heterocycles. The predicted molar refractivity (Wildman–Crippen MR) is 94.1 cm³/mol. The van der Waals surface area contributed by atoms with Crippen LogP contribution in [-0.2, 0) is 19.4 Å². The second-order valence-electron chi connectivity index (χ2n) is 6.38. The fraction of sp³-hybridized carbons (Fsp3) is 0.444. The highest BCUT2D eigenvalue weighted by atomic mass is 15.3. The zero-order valence-corrected chi connectivity index (χ0v) is 14.5. The fourth-order valence-electron chi connectivity index (χ4n) is 3.25. The molecule has 5 nitrogen and oxygen atoms in total. The van der Waals surface area contributed by atoms with E-state index in [9.17, 15) is 0 Å². The number of guanidine groups is 1. The van der Waals surface area contributed by atoms with Crippen molar-refractivity contribution in [3.05, 3.63) is 47.3 Å². The quantitative estimate of drug-likeness (QED) is 0.645. The third kappa shape index (κ3) is 3.09. The van der Waals surface area contributed by atoms with Crippen LogP contribution in [0.5, 0.6) is 0 Å². The smallest absolute Gasteiger partial charge is 0.195 e. The average molecular weight is 311 g/mol. The molecular weight excluding hydrogens is 286 g/mol. The summed E-state index contributed by atoms with van der Waals surface area (Å²) >= 11 is 0. The summed E-state index contributed by atoms with van der Waals surface area (Å²) in [5.74, 6) is 0.964. The normalized spacial score (nSPS) is 12.9. The van der Waals surface area contributed by atoms with E-state index >= 15 is 0 Å². The number of rotatable bonds is 3. The molecule has 23 heavy (non-hydrogen) atoms. The fourth-order valence-corrected chi connectivity index (χ4v) is 3.25. The summed E-state index contributed by atoms with van der Waals surface area (Å²) < 4.78 is 2.11. The van der Waals surface area contributed by atoms with E-state index in [1.165, 1.54) is 17.7 Å². The van der Waals surface area contributed by atoms with Crippen LogP contribution in [0.4, 0.5) is 0 Å². The molecule has 0 amide bonds. The van der Waals surface area contributed by atoms with Crippen molar-refractivity contribution < 1.29 is 0 Å². The summed E-state index contributed by atoms with van der Waals surface area (Å²) in [6, 6.07) is 10.4. The van der Waals surface area contributed by atoms with Crippen LogP contribution in [0.2, 0.25) is 0 Å². The number of hydrogen-bond donors (Lipinski definition) is 0. The van der Waals surface area contributed by atoms with Crippen molar-refractivity contribution in [3.8, 4) is 5.69 Å². The summed E-state index contributed by atoms with van der Waals surface area (Å²) in [5, 5.41) is 4.87. The highest BCUT2D eigenvalue weighted by Crippen LogP contribution is 2.28. The molecule has 0 unspecified atom stereocenters. The molecule has 5 heteroatoms. The van der Waals surface area contributed by atoms with Crippen molar-refractivity contribution in [2.45, 2.75) is 25.8 Å². The molecule has 0 radical (unpaired) electrons. The van der Waals surface area contributed by atoms with Gasteiger partial charge in [0.2, 0.25) is 0 Å². The van der Waals surface area contributed by atoms with Gasteiger partial charge in [0.15, 0.2) is 5.96 Å². The van der Waals surface area contributed by atoms with E-state index in [2.05, 4.69) is 28.9 Å². The number of para-hydroxylation sites is 1. The van der Waals surface area contributed by atoms with Gasteiger partial charge in [-0.3, -0.25) is 0 Å². The van der Waals surface area contributed by atoms with E-state index in [1.54, 1.807) is 0 Å². The van der Waals surface area contributed by atoms with Gasteiger partial charge in [0, 0.05) is 33.9 Å². The largest absolute Gasteiger partial charge is 0.349 e. The van der Waals surface area contributed by atoms with Crippen LogP contribution in [0, 0.1) is 0 Å². The monoisotopic (exact) mass is 311 g/mol. The standard InChI is InChI=1S/C18H25N5/c1-21(2)18(22(3)4)19-13-16-15-11-8-12-17(15)23(20-16)14-9-6-5-7-10-14/h5-7,9-10H,8,11-13H2,1-4H3.